The van der Waals surface area contributed by atoms with Gasteiger partial charge in [-0.05, 0) is 18.1 Å². The summed E-state index contributed by atoms with van der Waals surface area (Å²) in [5, 5.41) is 11.4. The molecule has 8 heteroatoms. The Hall–Kier alpha value is -3.30. The zero-order chi connectivity index (χ0) is 24.1. The molecule has 0 amide bonds. The van der Waals surface area contributed by atoms with Crippen molar-refractivity contribution >= 4 is 0 Å². The van der Waals surface area contributed by atoms with Gasteiger partial charge >= 0.3 is 5.69 Å². The van der Waals surface area contributed by atoms with Crippen molar-refractivity contribution in [3.8, 4) is 0 Å². The van der Waals surface area contributed by atoms with Crippen molar-refractivity contribution in [2.45, 2.75) is 44.2 Å². The molecule has 1 aromatic heterocycles. The maximum absolute atomic E-state index is 12.5. The lowest BCUT2D eigenvalue weighted by Gasteiger charge is -2.33. The van der Waals surface area contributed by atoms with Gasteiger partial charge in [-0.1, -0.05) is 66.7 Å². The Morgan fingerprint density at radius 1 is 1.09 bits per heavy atom. The van der Waals surface area contributed by atoms with Crippen molar-refractivity contribution in [2.24, 2.45) is 0 Å². The minimum atomic E-state index is -1.36. The Morgan fingerprint density at radius 3 is 2.32 bits per heavy atom. The van der Waals surface area contributed by atoms with Crippen molar-refractivity contribution in [3.05, 3.63) is 117 Å². The Kier molecular flexibility index (Phi) is 7.23. The van der Waals surface area contributed by atoms with E-state index in [0.29, 0.717) is 12.2 Å². The second kappa shape index (κ2) is 10.3. The predicted molar refractivity (Wildman–Crippen MR) is 126 cm³/mol. The minimum Gasteiger partial charge on any atom is -0.385 e. The molecule has 1 fully saturated rings. The highest BCUT2D eigenvalue weighted by atomic mass is 16.6. The van der Waals surface area contributed by atoms with Crippen LogP contribution in [0.25, 0.3) is 0 Å². The summed E-state index contributed by atoms with van der Waals surface area (Å²) in [6, 6.07) is 19.2. The highest BCUT2D eigenvalue weighted by molar-refractivity contribution is 5.18. The lowest BCUT2D eigenvalue weighted by Crippen LogP contribution is -2.50. The summed E-state index contributed by atoms with van der Waals surface area (Å²) >= 11 is 0. The van der Waals surface area contributed by atoms with E-state index in [9.17, 15) is 14.7 Å². The number of aromatic amines is 1. The number of hydrogen-bond donors (Lipinski definition) is 2. The molecule has 0 aliphatic carbocycles. The Morgan fingerprint density at radius 2 is 1.71 bits per heavy atom. The summed E-state index contributed by atoms with van der Waals surface area (Å²) in [5.41, 5.74) is -0.340. The number of aliphatic hydroxyl groups excluding tert-OH is 1. The molecule has 2 N–H and O–H groups in total. The van der Waals surface area contributed by atoms with E-state index < -0.39 is 35.3 Å². The van der Waals surface area contributed by atoms with E-state index in [4.69, 9.17) is 14.2 Å². The molecule has 1 aliphatic heterocycles. The highest BCUT2D eigenvalue weighted by Gasteiger charge is 2.56. The molecular formula is C26H28N2O6. The van der Waals surface area contributed by atoms with Gasteiger partial charge in [0, 0.05) is 11.8 Å². The number of hydrogen-bond acceptors (Lipinski definition) is 6. The standard InChI is InChI=1S/C26H28N2O6/c1-3-26(33-16-20-12-8-5-9-13-20)21(17-32-15-19-10-6-4-7-11-19)34-24(22(26)29)28-14-18(2)23(30)27-25(28)31/h3-14,21-22,24,29H,1,15-17H2,2H3,(H,27,30,31)/t21-,22+,24?,26-/m1/s1. The molecule has 4 rings (SSSR count). The van der Waals surface area contributed by atoms with Crippen LogP contribution in [0.2, 0.25) is 0 Å². The van der Waals surface area contributed by atoms with E-state index in [1.807, 2.05) is 60.7 Å². The zero-order valence-corrected chi connectivity index (χ0v) is 18.9. The van der Waals surface area contributed by atoms with Crippen LogP contribution in [0.15, 0.2) is 89.1 Å². The molecule has 3 aromatic rings. The first kappa shape index (κ1) is 23.8. The molecule has 4 atom stereocenters. The van der Waals surface area contributed by atoms with Gasteiger partial charge < -0.3 is 19.3 Å². The molecule has 1 unspecified atom stereocenters. The lowest BCUT2D eigenvalue weighted by molar-refractivity contribution is -0.123. The van der Waals surface area contributed by atoms with E-state index in [-0.39, 0.29) is 13.2 Å². The first-order valence-corrected chi connectivity index (χ1v) is 11.0. The van der Waals surface area contributed by atoms with Gasteiger partial charge in [0.1, 0.15) is 17.8 Å². The van der Waals surface area contributed by atoms with Crippen molar-refractivity contribution in [1.82, 2.24) is 9.55 Å². The maximum Gasteiger partial charge on any atom is 0.330 e. The first-order valence-electron chi connectivity index (χ1n) is 11.0. The van der Waals surface area contributed by atoms with E-state index in [1.54, 1.807) is 6.92 Å². The average Bonchev–Trinajstić information content (AvgIpc) is 3.13. The van der Waals surface area contributed by atoms with E-state index in [0.717, 1.165) is 11.1 Å². The maximum atomic E-state index is 12.5. The fourth-order valence-electron chi connectivity index (χ4n) is 4.05. The summed E-state index contributed by atoms with van der Waals surface area (Å²) in [6.07, 6.45) is -0.297. The summed E-state index contributed by atoms with van der Waals surface area (Å²) in [4.78, 5) is 26.6. The number of benzene rings is 2. The molecule has 34 heavy (non-hydrogen) atoms. The van der Waals surface area contributed by atoms with Crippen LogP contribution in [-0.2, 0) is 27.4 Å². The van der Waals surface area contributed by atoms with Crippen molar-refractivity contribution in [3.63, 3.8) is 0 Å². The monoisotopic (exact) mass is 464 g/mol. The van der Waals surface area contributed by atoms with Gasteiger partial charge in [-0.2, -0.15) is 0 Å². The third-order valence-electron chi connectivity index (χ3n) is 5.99. The Bertz CT molecular complexity index is 1220. The van der Waals surface area contributed by atoms with E-state index >= 15 is 0 Å². The molecule has 0 saturated carbocycles. The van der Waals surface area contributed by atoms with Gasteiger partial charge in [0.2, 0.25) is 0 Å². The smallest absolute Gasteiger partial charge is 0.330 e. The second-order valence-corrected chi connectivity index (χ2v) is 8.27. The number of aryl methyl sites for hydroxylation is 1. The largest absolute Gasteiger partial charge is 0.385 e. The van der Waals surface area contributed by atoms with Crippen molar-refractivity contribution < 1.29 is 19.3 Å². The molecule has 0 spiro atoms. The highest BCUT2D eigenvalue weighted by Crippen LogP contribution is 2.41. The normalized spacial score (nSPS) is 24.2. The third kappa shape index (κ3) is 4.80. The van der Waals surface area contributed by atoms with Crippen molar-refractivity contribution in [1.29, 1.82) is 0 Å². The molecule has 0 radical (unpaired) electrons. The third-order valence-corrected chi connectivity index (χ3v) is 5.99. The Labute approximate surface area is 197 Å². The van der Waals surface area contributed by atoms with Crippen LogP contribution >= 0.6 is 0 Å². The number of ether oxygens (including phenoxy) is 3. The van der Waals surface area contributed by atoms with E-state index in [2.05, 4.69) is 11.6 Å². The predicted octanol–water partition coefficient (Wildman–Crippen LogP) is 2.46. The van der Waals surface area contributed by atoms with Crippen LogP contribution in [0.5, 0.6) is 0 Å². The van der Waals surface area contributed by atoms with Crippen LogP contribution in [-0.4, -0.2) is 39.1 Å². The quantitative estimate of drug-likeness (QED) is 0.472. The minimum absolute atomic E-state index is 0.0837. The first-order chi connectivity index (χ1) is 16.4. The number of rotatable bonds is 9. The van der Waals surface area contributed by atoms with Gasteiger partial charge in [0.15, 0.2) is 6.23 Å². The number of aliphatic hydroxyl groups is 1. The molecular weight excluding hydrogens is 436 g/mol. The van der Waals surface area contributed by atoms with Crippen LogP contribution in [0.3, 0.4) is 0 Å². The summed E-state index contributed by atoms with van der Waals surface area (Å²) in [6.45, 7) is 6.09. The molecule has 2 aromatic carbocycles. The summed E-state index contributed by atoms with van der Waals surface area (Å²) < 4.78 is 19.5. The lowest BCUT2D eigenvalue weighted by atomic mass is 9.91. The fourth-order valence-corrected chi connectivity index (χ4v) is 4.05. The topological polar surface area (TPSA) is 103 Å². The molecule has 0 bridgehead atoms. The Balaban J connectivity index is 1.62. The second-order valence-electron chi connectivity index (χ2n) is 8.27. The van der Waals surface area contributed by atoms with Gasteiger partial charge in [0.05, 0.1) is 19.8 Å². The molecule has 1 saturated heterocycles. The van der Waals surface area contributed by atoms with Gasteiger partial charge in [-0.15, -0.1) is 6.58 Å². The summed E-state index contributed by atoms with van der Waals surface area (Å²) in [7, 11) is 0. The number of nitrogens with one attached hydrogen (secondary N) is 1. The zero-order valence-electron chi connectivity index (χ0n) is 18.9. The summed E-state index contributed by atoms with van der Waals surface area (Å²) in [5.74, 6) is 0. The molecule has 1 aliphatic rings. The van der Waals surface area contributed by atoms with Crippen molar-refractivity contribution in [2.75, 3.05) is 6.61 Å². The molecule has 8 nitrogen and oxygen atoms in total. The van der Waals surface area contributed by atoms with Crippen LogP contribution in [0.4, 0.5) is 0 Å². The number of H-pyrrole nitrogens is 1. The molecule has 178 valence electrons. The number of nitrogens with zero attached hydrogens (tertiary/aromatic N) is 1. The van der Waals surface area contributed by atoms with Crippen LogP contribution in [0.1, 0.15) is 22.9 Å². The van der Waals surface area contributed by atoms with Gasteiger partial charge in [0.25, 0.3) is 5.56 Å². The fraction of sp³-hybridized carbons (Fsp3) is 0.308. The number of aromatic nitrogens is 2. The molecule has 2 heterocycles. The van der Waals surface area contributed by atoms with Crippen LogP contribution in [0, 0.1) is 6.92 Å². The average molecular weight is 465 g/mol. The van der Waals surface area contributed by atoms with Gasteiger partial charge in [-0.25, -0.2) is 4.79 Å². The van der Waals surface area contributed by atoms with E-state index in [1.165, 1.54) is 16.8 Å². The van der Waals surface area contributed by atoms with Gasteiger partial charge in [-0.3, -0.25) is 14.3 Å². The van der Waals surface area contributed by atoms with Crippen LogP contribution < -0.4 is 11.2 Å². The SMILES string of the molecule is C=C[C@@]1(OCc2ccccc2)[C@@H](COCc2ccccc2)OC(n2cc(C)c(=O)[nH]c2=O)[C@@H]1O.